The fourth-order valence-electron chi connectivity index (χ4n) is 4.89. The summed E-state index contributed by atoms with van der Waals surface area (Å²) in [6.07, 6.45) is -1.61. The van der Waals surface area contributed by atoms with E-state index in [-0.39, 0.29) is 6.54 Å². The lowest BCUT2D eigenvalue weighted by Crippen LogP contribution is -2.67. The SMILES string of the molecule is CN[C@H]1C(O)[C@@H](O[C@@H]2[C@H](N)C[C@H](N)C(OC3OC(CN)=CCC3N)[C@@H]2O)CCC1(C)O. The highest BCUT2D eigenvalue weighted by Crippen LogP contribution is 2.34. The molecule has 0 aromatic heterocycles. The number of aliphatic hydroxyl groups is 3. The molecule has 0 bridgehead atoms. The highest BCUT2D eigenvalue weighted by atomic mass is 16.7. The van der Waals surface area contributed by atoms with Crippen molar-refractivity contribution < 1.29 is 29.5 Å². The van der Waals surface area contributed by atoms with E-state index in [0.717, 1.165) is 0 Å². The Morgan fingerprint density at radius 3 is 2.39 bits per heavy atom. The smallest absolute Gasteiger partial charge is 0.215 e. The van der Waals surface area contributed by atoms with Gasteiger partial charge >= 0.3 is 0 Å². The predicted molar refractivity (Wildman–Crippen MR) is 113 cm³/mol. The zero-order chi connectivity index (χ0) is 22.9. The van der Waals surface area contributed by atoms with E-state index in [2.05, 4.69) is 5.32 Å². The van der Waals surface area contributed by atoms with Crippen LogP contribution in [0.1, 0.15) is 32.6 Å². The van der Waals surface area contributed by atoms with Gasteiger partial charge in [0.05, 0.1) is 36.4 Å². The maximum Gasteiger partial charge on any atom is 0.215 e. The Labute approximate surface area is 183 Å². The summed E-state index contributed by atoms with van der Waals surface area (Å²) < 4.78 is 17.8. The van der Waals surface area contributed by atoms with Crippen molar-refractivity contribution >= 4 is 0 Å². The van der Waals surface area contributed by atoms with Gasteiger partial charge < -0.3 is 57.8 Å². The number of ether oxygens (including phenoxy) is 3. The Morgan fingerprint density at radius 1 is 1.13 bits per heavy atom. The number of rotatable bonds is 6. The highest BCUT2D eigenvalue weighted by molar-refractivity contribution is 5.05. The molecule has 3 aliphatic rings. The average Bonchev–Trinajstić information content (AvgIpc) is 2.71. The van der Waals surface area contributed by atoms with E-state index >= 15 is 0 Å². The molecule has 12 N–H and O–H groups in total. The van der Waals surface area contributed by atoms with Crippen LogP contribution in [-0.4, -0.2) is 95.5 Å². The summed E-state index contributed by atoms with van der Waals surface area (Å²) in [5.41, 5.74) is 23.2. The third kappa shape index (κ3) is 5.22. The summed E-state index contributed by atoms with van der Waals surface area (Å²) in [6, 6.07) is -2.10. The molecule has 3 rings (SSSR count). The van der Waals surface area contributed by atoms with Gasteiger partial charge in [-0.25, -0.2) is 0 Å². The van der Waals surface area contributed by atoms with E-state index in [1.165, 1.54) is 0 Å². The second-order valence-corrected chi connectivity index (χ2v) is 9.21. The monoisotopic (exact) mass is 445 g/mol. The standard InChI is InChI=1S/C20H39N5O6/c1-20(28)6-5-13(14(26)18(20)25-2)30-16-11(23)7-12(24)17(15(16)27)31-19-10(22)4-3-9(8-21)29-19/h3,10-19,25-28H,4-8,21-24H2,1-2H3/t10?,11-,12+,13+,14?,15-,16-,17?,18+,19?,20?/m1/s1. The predicted octanol–water partition coefficient (Wildman–Crippen LogP) is -3.05. The quantitative estimate of drug-likeness (QED) is 0.206. The molecular weight excluding hydrogens is 406 g/mol. The molecule has 1 aliphatic heterocycles. The van der Waals surface area contributed by atoms with Crippen LogP contribution in [0.15, 0.2) is 11.8 Å². The highest BCUT2D eigenvalue weighted by Gasteiger charge is 2.50. The van der Waals surface area contributed by atoms with E-state index in [1.807, 2.05) is 6.08 Å². The zero-order valence-corrected chi connectivity index (χ0v) is 18.3. The van der Waals surface area contributed by atoms with Crippen molar-refractivity contribution in [3.63, 3.8) is 0 Å². The molecule has 11 nitrogen and oxygen atoms in total. The summed E-state index contributed by atoms with van der Waals surface area (Å²) in [5.74, 6) is 0.575. The van der Waals surface area contributed by atoms with E-state index in [1.54, 1.807) is 14.0 Å². The van der Waals surface area contributed by atoms with Gasteiger partial charge in [-0.1, -0.05) is 0 Å². The van der Waals surface area contributed by atoms with Gasteiger partial charge in [0.1, 0.15) is 24.1 Å². The molecule has 0 aromatic carbocycles. The summed E-state index contributed by atoms with van der Waals surface area (Å²) in [7, 11) is 1.67. The minimum Gasteiger partial charge on any atom is -0.467 e. The number of nitrogens with one attached hydrogen (secondary N) is 1. The van der Waals surface area contributed by atoms with Gasteiger partial charge in [-0.2, -0.15) is 0 Å². The van der Waals surface area contributed by atoms with Crippen LogP contribution < -0.4 is 28.3 Å². The average molecular weight is 446 g/mol. The van der Waals surface area contributed by atoms with E-state index in [4.69, 9.17) is 37.1 Å². The van der Waals surface area contributed by atoms with Crippen LogP contribution in [0.3, 0.4) is 0 Å². The lowest BCUT2D eigenvalue weighted by atomic mass is 9.77. The van der Waals surface area contributed by atoms with Crippen LogP contribution in [0.25, 0.3) is 0 Å². The molecule has 180 valence electrons. The Kier molecular flexibility index (Phi) is 7.96. The van der Waals surface area contributed by atoms with Crippen LogP contribution in [0.2, 0.25) is 0 Å². The molecule has 2 aliphatic carbocycles. The lowest BCUT2D eigenvalue weighted by Gasteiger charge is -2.48. The Hall–Kier alpha value is -0.860. The topological polar surface area (TPSA) is 204 Å². The minimum atomic E-state index is -1.15. The van der Waals surface area contributed by atoms with E-state index in [9.17, 15) is 15.3 Å². The van der Waals surface area contributed by atoms with Crippen molar-refractivity contribution in [1.82, 2.24) is 5.32 Å². The van der Waals surface area contributed by atoms with E-state index < -0.39 is 66.6 Å². The molecular formula is C20H39N5O6. The molecule has 1 heterocycles. The third-order valence-corrected chi connectivity index (χ3v) is 6.76. The van der Waals surface area contributed by atoms with Crippen LogP contribution >= 0.6 is 0 Å². The second kappa shape index (κ2) is 9.96. The molecule has 11 heteroatoms. The Bertz CT molecular complexity index is 637. The maximum atomic E-state index is 11.1. The van der Waals surface area contributed by atoms with Crippen molar-refractivity contribution in [1.29, 1.82) is 0 Å². The largest absolute Gasteiger partial charge is 0.467 e. The van der Waals surface area contributed by atoms with Crippen molar-refractivity contribution in [2.24, 2.45) is 22.9 Å². The summed E-state index contributed by atoms with van der Waals surface area (Å²) in [6.45, 7) is 1.90. The summed E-state index contributed by atoms with van der Waals surface area (Å²) >= 11 is 0. The van der Waals surface area contributed by atoms with Gasteiger partial charge in [0.25, 0.3) is 0 Å². The first-order chi connectivity index (χ1) is 14.6. The number of hydrogen-bond acceptors (Lipinski definition) is 11. The second-order valence-electron chi connectivity index (χ2n) is 9.21. The van der Waals surface area contributed by atoms with Crippen LogP contribution in [0, 0.1) is 0 Å². The Morgan fingerprint density at radius 2 is 1.77 bits per heavy atom. The molecule has 31 heavy (non-hydrogen) atoms. The van der Waals surface area contributed by atoms with Crippen molar-refractivity contribution in [2.75, 3.05) is 13.6 Å². The van der Waals surface area contributed by atoms with Crippen LogP contribution in [0.4, 0.5) is 0 Å². The first kappa shape index (κ1) is 24.8. The van der Waals surface area contributed by atoms with Gasteiger partial charge in [-0.05, 0) is 45.7 Å². The van der Waals surface area contributed by atoms with Gasteiger partial charge in [-0.15, -0.1) is 0 Å². The van der Waals surface area contributed by atoms with Gasteiger partial charge in [0, 0.05) is 12.1 Å². The molecule has 2 fully saturated rings. The van der Waals surface area contributed by atoms with E-state index in [0.29, 0.717) is 31.4 Å². The molecule has 2 saturated carbocycles. The van der Waals surface area contributed by atoms with Crippen LogP contribution in [-0.2, 0) is 14.2 Å². The van der Waals surface area contributed by atoms with Gasteiger partial charge in [0.15, 0.2) is 0 Å². The lowest BCUT2D eigenvalue weighted by molar-refractivity contribution is -0.238. The molecule has 0 spiro atoms. The molecule has 11 atom stereocenters. The molecule has 0 amide bonds. The Balaban J connectivity index is 1.69. The van der Waals surface area contributed by atoms with Crippen molar-refractivity contribution in [2.45, 2.75) is 99.2 Å². The maximum absolute atomic E-state index is 11.1. The van der Waals surface area contributed by atoms with Crippen molar-refractivity contribution in [3.05, 3.63) is 11.8 Å². The molecule has 0 saturated heterocycles. The fourth-order valence-corrected chi connectivity index (χ4v) is 4.89. The first-order valence-electron chi connectivity index (χ1n) is 11.0. The van der Waals surface area contributed by atoms with Crippen LogP contribution in [0.5, 0.6) is 0 Å². The normalized spacial score (nSPS) is 48.7. The molecule has 0 aromatic rings. The molecule has 5 unspecified atom stereocenters. The summed E-state index contributed by atoms with van der Waals surface area (Å²) in [4.78, 5) is 0. The number of likely N-dealkylation sites (N-methyl/N-ethyl adjacent to an activating group) is 1. The number of hydrogen-bond donors (Lipinski definition) is 8. The van der Waals surface area contributed by atoms with Gasteiger partial charge in [0.2, 0.25) is 6.29 Å². The fraction of sp³-hybridized carbons (Fsp3) is 0.900. The first-order valence-corrected chi connectivity index (χ1v) is 11.0. The van der Waals surface area contributed by atoms with Gasteiger partial charge in [-0.3, -0.25) is 0 Å². The molecule has 0 radical (unpaired) electrons. The minimum absolute atomic E-state index is 0.221. The summed E-state index contributed by atoms with van der Waals surface area (Å²) in [5, 5.41) is 35.3. The van der Waals surface area contributed by atoms with Crippen molar-refractivity contribution in [3.8, 4) is 0 Å². The number of aliphatic hydroxyl groups excluding tert-OH is 2. The zero-order valence-electron chi connectivity index (χ0n) is 18.3. The third-order valence-electron chi connectivity index (χ3n) is 6.76. The number of nitrogens with two attached hydrogens (primary N) is 4.